The van der Waals surface area contributed by atoms with Gasteiger partial charge < -0.3 is 4.74 Å². The lowest BCUT2D eigenvalue weighted by Gasteiger charge is -2.12. The van der Waals surface area contributed by atoms with Crippen LogP contribution in [0.3, 0.4) is 0 Å². The lowest BCUT2D eigenvalue weighted by atomic mass is 10.2. The molecule has 1 amide bonds. The number of amides is 1. The van der Waals surface area contributed by atoms with Gasteiger partial charge in [-0.25, -0.2) is 10.4 Å². The first-order valence-corrected chi connectivity index (χ1v) is 13.4. The summed E-state index contributed by atoms with van der Waals surface area (Å²) in [5, 5.41) is 4.72. The summed E-state index contributed by atoms with van der Waals surface area (Å²) in [5.41, 5.74) is 5.18. The first-order chi connectivity index (χ1) is 16.0. The maximum atomic E-state index is 12.1. The number of carbonyl (C=O) groups excluding carboxylic acids is 1. The zero-order chi connectivity index (χ0) is 23.2. The minimum absolute atomic E-state index is 0.201. The molecule has 0 bridgehead atoms. The highest BCUT2D eigenvalue weighted by molar-refractivity contribution is 9.11. The lowest BCUT2D eigenvalue weighted by Crippen LogP contribution is -2.19. The number of thioether (sulfide) groups is 1. The van der Waals surface area contributed by atoms with Gasteiger partial charge in [-0.3, -0.25) is 4.79 Å². The molecule has 0 aliphatic carbocycles. The molecule has 4 aromatic rings. The number of rotatable bonds is 8. The third-order valence-electron chi connectivity index (χ3n) is 4.35. The topological polar surface area (TPSA) is 63.6 Å². The zero-order valence-corrected chi connectivity index (χ0v) is 22.5. The number of carbonyl (C=O) groups is 1. The molecule has 1 aromatic heterocycles. The summed E-state index contributed by atoms with van der Waals surface area (Å²) in [4.78, 5) is 16.7. The molecule has 1 heterocycles. The molecule has 3 aromatic carbocycles. The number of thiazole rings is 1. The Morgan fingerprint density at radius 3 is 2.64 bits per heavy atom. The van der Waals surface area contributed by atoms with Crippen LogP contribution in [0, 0.1) is 0 Å². The monoisotopic (exact) mass is 623 g/mol. The minimum Gasteiger partial charge on any atom is -0.486 e. The van der Waals surface area contributed by atoms with E-state index >= 15 is 0 Å². The number of hydrazone groups is 1. The molecule has 1 N–H and O–H groups in total. The van der Waals surface area contributed by atoms with E-state index in [2.05, 4.69) is 47.4 Å². The predicted molar refractivity (Wildman–Crippen MR) is 144 cm³/mol. The van der Waals surface area contributed by atoms with Crippen molar-refractivity contribution in [3.05, 3.63) is 85.8 Å². The lowest BCUT2D eigenvalue weighted by molar-refractivity contribution is -0.118. The van der Waals surface area contributed by atoms with Crippen molar-refractivity contribution in [3.63, 3.8) is 0 Å². The summed E-state index contributed by atoms with van der Waals surface area (Å²) in [6.45, 7) is 0.340. The summed E-state index contributed by atoms with van der Waals surface area (Å²) in [5.74, 6) is 0.691. The number of nitrogens with one attached hydrogen (secondary N) is 1. The Labute approximate surface area is 220 Å². The summed E-state index contributed by atoms with van der Waals surface area (Å²) in [6.07, 6.45) is 1.58. The van der Waals surface area contributed by atoms with Crippen LogP contribution in [0.5, 0.6) is 5.75 Å². The van der Waals surface area contributed by atoms with E-state index in [-0.39, 0.29) is 11.7 Å². The molecule has 0 aliphatic heterocycles. The smallest absolute Gasteiger partial charge is 0.250 e. The van der Waals surface area contributed by atoms with Gasteiger partial charge in [0.15, 0.2) is 4.34 Å². The van der Waals surface area contributed by atoms with E-state index in [0.717, 1.165) is 34.6 Å². The fraction of sp³-hybridized carbons (Fsp3) is 0.0870. The largest absolute Gasteiger partial charge is 0.486 e. The van der Waals surface area contributed by atoms with E-state index < -0.39 is 0 Å². The van der Waals surface area contributed by atoms with Crippen LogP contribution in [0.15, 0.2) is 79.1 Å². The van der Waals surface area contributed by atoms with Crippen LogP contribution in [0.25, 0.3) is 10.2 Å². The average Bonchev–Trinajstić information content (AvgIpc) is 3.21. The molecule has 4 rings (SSSR count). The van der Waals surface area contributed by atoms with Crippen molar-refractivity contribution in [1.29, 1.82) is 0 Å². The Morgan fingerprint density at radius 2 is 1.88 bits per heavy atom. The Hall–Kier alpha value is -1.91. The normalized spacial score (nSPS) is 11.2. The van der Waals surface area contributed by atoms with Gasteiger partial charge in [0.1, 0.15) is 12.4 Å². The second-order valence-electron chi connectivity index (χ2n) is 6.72. The van der Waals surface area contributed by atoms with Gasteiger partial charge in [-0.2, -0.15) is 5.10 Å². The van der Waals surface area contributed by atoms with Gasteiger partial charge in [-0.05, 0) is 67.8 Å². The van der Waals surface area contributed by atoms with Crippen molar-refractivity contribution in [2.45, 2.75) is 10.9 Å². The van der Waals surface area contributed by atoms with Crippen LogP contribution in [-0.4, -0.2) is 22.9 Å². The van der Waals surface area contributed by atoms with Crippen molar-refractivity contribution >= 4 is 88.9 Å². The second kappa shape index (κ2) is 11.5. The third-order valence-corrected chi connectivity index (χ3v) is 8.08. The highest BCUT2D eigenvalue weighted by Gasteiger charge is 2.11. The van der Waals surface area contributed by atoms with E-state index in [1.54, 1.807) is 17.6 Å². The van der Waals surface area contributed by atoms with Crippen LogP contribution in [0.2, 0.25) is 5.02 Å². The van der Waals surface area contributed by atoms with Gasteiger partial charge in [0.2, 0.25) is 0 Å². The molecule has 0 spiro atoms. The van der Waals surface area contributed by atoms with E-state index in [1.807, 2.05) is 60.7 Å². The van der Waals surface area contributed by atoms with Crippen LogP contribution in [0.4, 0.5) is 0 Å². The fourth-order valence-electron chi connectivity index (χ4n) is 2.81. The zero-order valence-electron chi connectivity index (χ0n) is 16.9. The third kappa shape index (κ3) is 6.58. The van der Waals surface area contributed by atoms with Crippen LogP contribution in [-0.2, 0) is 11.4 Å². The van der Waals surface area contributed by atoms with Crippen LogP contribution < -0.4 is 10.2 Å². The summed E-state index contributed by atoms with van der Waals surface area (Å²) < 4.78 is 9.40. The first-order valence-electron chi connectivity index (χ1n) is 9.65. The van der Waals surface area contributed by atoms with Crippen molar-refractivity contribution in [2.24, 2.45) is 5.10 Å². The molecule has 0 fully saturated rings. The van der Waals surface area contributed by atoms with Crippen molar-refractivity contribution in [3.8, 4) is 5.75 Å². The molecule has 33 heavy (non-hydrogen) atoms. The maximum absolute atomic E-state index is 12.1. The minimum atomic E-state index is -0.201. The molecule has 0 unspecified atom stereocenters. The van der Waals surface area contributed by atoms with E-state index in [0.29, 0.717) is 17.4 Å². The SMILES string of the molecule is O=C(CSc1nc2ccccc2s1)N/N=C\c1cc(Br)c(OCc2ccccc2Cl)c(Br)c1. The average molecular weight is 626 g/mol. The molecule has 168 valence electrons. The van der Waals surface area contributed by atoms with Crippen molar-refractivity contribution < 1.29 is 9.53 Å². The number of ether oxygens (including phenoxy) is 1. The van der Waals surface area contributed by atoms with E-state index in [4.69, 9.17) is 16.3 Å². The van der Waals surface area contributed by atoms with Crippen LogP contribution in [0.1, 0.15) is 11.1 Å². The van der Waals surface area contributed by atoms with Gasteiger partial charge in [0.25, 0.3) is 5.91 Å². The van der Waals surface area contributed by atoms with Crippen molar-refractivity contribution in [2.75, 3.05) is 5.75 Å². The number of aromatic nitrogens is 1. The second-order valence-corrected chi connectivity index (χ2v) is 11.1. The molecule has 0 radical (unpaired) electrons. The number of hydrogen-bond donors (Lipinski definition) is 1. The molecule has 0 saturated carbocycles. The number of hydrogen-bond acceptors (Lipinski definition) is 6. The quantitative estimate of drug-likeness (QED) is 0.127. The number of halogens is 3. The molecular formula is C23H16Br2ClN3O2S2. The standard InChI is InChI=1S/C23H16Br2ClN3O2S2/c24-16-9-14(10-17(25)22(16)31-12-15-5-1-2-6-18(15)26)11-27-29-21(30)13-32-23-28-19-7-3-4-8-20(19)33-23/h1-11H,12-13H2,(H,29,30)/b27-11-. The fourth-order valence-corrected chi connectivity index (χ4v) is 6.31. The first kappa shape index (κ1) is 24.2. The molecule has 0 aliphatic rings. The molecule has 0 saturated heterocycles. The summed E-state index contributed by atoms with van der Waals surface area (Å²) in [7, 11) is 0. The Kier molecular flexibility index (Phi) is 8.43. The Bertz CT molecular complexity index is 1270. The van der Waals surface area contributed by atoms with Crippen molar-refractivity contribution in [1.82, 2.24) is 10.4 Å². The molecule has 5 nitrogen and oxygen atoms in total. The summed E-state index contributed by atoms with van der Waals surface area (Å²) in [6, 6.07) is 19.2. The number of fused-ring (bicyclic) bond motifs is 1. The van der Waals surface area contributed by atoms with E-state index in [9.17, 15) is 4.79 Å². The Morgan fingerprint density at radius 1 is 1.15 bits per heavy atom. The number of benzene rings is 3. The highest BCUT2D eigenvalue weighted by atomic mass is 79.9. The Balaban J connectivity index is 1.31. The molecule has 0 atom stereocenters. The number of nitrogens with zero attached hydrogens (tertiary/aromatic N) is 2. The van der Waals surface area contributed by atoms with Gasteiger partial charge in [-0.15, -0.1) is 11.3 Å². The molecule has 10 heteroatoms. The number of para-hydroxylation sites is 1. The van der Waals surface area contributed by atoms with Gasteiger partial charge >= 0.3 is 0 Å². The van der Waals surface area contributed by atoms with Gasteiger partial charge in [0.05, 0.1) is 31.1 Å². The summed E-state index contributed by atoms with van der Waals surface area (Å²) >= 11 is 16.2. The van der Waals surface area contributed by atoms with E-state index in [1.165, 1.54) is 11.8 Å². The maximum Gasteiger partial charge on any atom is 0.250 e. The van der Waals surface area contributed by atoms with Gasteiger partial charge in [0, 0.05) is 10.6 Å². The highest BCUT2D eigenvalue weighted by Crippen LogP contribution is 2.35. The predicted octanol–water partition coefficient (Wildman–Crippen LogP) is 7.30. The van der Waals surface area contributed by atoms with Crippen LogP contribution >= 0.6 is 66.6 Å². The molecular weight excluding hydrogens is 610 g/mol. The van der Waals surface area contributed by atoms with Gasteiger partial charge in [-0.1, -0.05) is 53.7 Å².